The Morgan fingerprint density at radius 2 is 2.36 bits per heavy atom. The Morgan fingerprint density at radius 1 is 1.73 bits per heavy atom. The second-order valence-electron chi connectivity index (χ2n) is 2.63. The molecule has 1 rings (SSSR count). The van der Waals surface area contributed by atoms with E-state index in [1.54, 1.807) is 6.08 Å². The van der Waals surface area contributed by atoms with Crippen molar-refractivity contribution in [3.05, 3.63) is 12.2 Å². The maximum absolute atomic E-state index is 12.7. The van der Waals surface area contributed by atoms with E-state index in [1.165, 1.54) is 6.08 Å². The molecule has 0 spiro atoms. The van der Waals surface area contributed by atoms with Crippen molar-refractivity contribution in [3.63, 3.8) is 0 Å². The van der Waals surface area contributed by atoms with Crippen molar-refractivity contribution in [2.75, 3.05) is 0 Å². The number of carboxylic acids is 1. The Morgan fingerprint density at radius 3 is 2.73 bits per heavy atom. The van der Waals surface area contributed by atoms with Gasteiger partial charge in [-0.3, -0.25) is 0 Å². The third kappa shape index (κ3) is 1.40. The number of aliphatic hydroxyl groups is 1. The van der Waals surface area contributed by atoms with Crippen LogP contribution in [0.1, 0.15) is 12.8 Å². The highest BCUT2D eigenvalue weighted by Crippen LogP contribution is 2.27. The predicted octanol–water partition coefficient (Wildman–Crippen LogP) is 0.490. The van der Waals surface area contributed by atoms with Crippen LogP contribution in [0.5, 0.6) is 0 Å². The van der Waals surface area contributed by atoms with E-state index in [0.717, 1.165) is 0 Å². The first-order chi connectivity index (χ1) is 5.06. The quantitative estimate of drug-likeness (QED) is 0.578. The summed E-state index contributed by atoms with van der Waals surface area (Å²) in [7, 11) is 0. The lowest BCUT2D eigenvalue weighted by Crippen LogP contribution is -2.40. The first-order valence-corrected chi connectivity index (χ1v) is 3.33. The number of carbonyl (C=O) groups is 1. The minimum absolute atomic E-state index is 0.153. The van der Waals surface area contributed by atoms with Gasteiger partial charge in [0.15, 0.2) is 0 Å². The van der Waals surface area contributed by atoms with Crippen LogP contribution in [0.3, 0.4) is 0 Å². The summed E-state index contributed by atoms with van der Waals surface area (Å²) in [4.78, 5) is 10.1. The van der Waals surface area contributed by atoms with E-state index in [2.05, 4.69) is 0 Å². The molecule has 2 unspecified atom stereocenters. The Labute approximate surface area is 63.1 Å². The van der Waals surface area contributed by atoms with Crippen LogP contribution in [0.15, 0.2) is 12.2 Å². The molecule has 11 heavy (non-hydrogen) atoms. The van der Waals surface area contributed by atoms with E-state index in [-0.39, 0.29) is 6.42 Å². The van der Waals surface area contributed by atoms with Crippen LogP contribution in [0.25, 0.3) is 0 Å². The first kappa shape index (κ1) is 8.20. The molecule has 3 nitrogen and oxygen atoms in total. The van der Waals surface area contributed by atoms with Gasteiger partial charge in [-0.1, -0.05) is 12.2 Å². The summed E-state index contributed by atoms with van der Waals surface area (Å²) in [5, 5.41) is 17.5. The van der Waals surface area contributed by atoms with Crippen LogP contribution in [0.2, 0.25) is 0 Å². The van der Waals surface area contributed by atoms with Gasteiger partial charge in [-0.2, -0.15) is 0 Å². The summed E-state index contributed by atoms with van der Waals surface area (Å²) in [6.07, 6.45) is 1.27. The second kappa shape index (κ2) is 2.62. The van der Waals surface area contributed by atoms with Gasteiger partial charge in [-0.05, 0) is 12.8 Å². The summed E-state index contributed by atoms with van der Waals surface area (Å²) < 4.78 is 12.7. The monoisotopic (exact) mass is 160 g/mol. The lowest BCUT2D eigenvalue weighted by molar-refractivity contribution is -0.150. The van der Waals surface area contributed by atoms with Gasteiger partial charge < -0.3 is 10.2 Å². The van der Waals surface area contributed by atoms with Crippen molar-refractivity contribution < 1.29 is 19.4 Å². The van der Waals surface area contributed by atoms with E-state index in [9.17, 15) is 14.3 Å². The minimum atomic E-state index is -2.21. The van der Waals surface area contributed by atoms with Crippen LogP contribution < -0.4 is 0 Å². The van der Waals surface area contributed by atoms with E-state index in [0.29, 0.717) is 6.42 Å². The molecule has 1 aliphatic carbocycles. The molecule has 4 heteroatoms. The minimum Gasteiger partial charge on any atom is -0.479 e. The smallest absolute Gasteiger partial charge is 0.341 e. The summed E-state index contributed by atoms with van der Waals surface area (Å²) >= 11 is 0. The highest BCUT2D eigenvalue weighted by Gasteiger charge is 2.41. The van der Waals surface area contributed by atoms with Crippen molar-refractivity contribution in [2.45, 2.75) is 24.6 Å². The highest BCUT2D eigenvalue weighted by molar-refractivity contribution is 5.74. The topological polar surface area (TPSA) is 57.5 Å². The molecule has 0 heterocycles. The van der Waals surface area contributed by atoms with Crippen molar-refractivity contribution in [1.82, 2.24) is 0 Å². The molecule has 0 fully saturated rings. The molecule has 0 radical (unpaired) electrons. The Kier molecular flexibility index (Phi) is 1.95. The van der Waals surface area contributed by atoms with E-state index in [1.807, 2.05) is 0 Å². The number of hydrogen-bond donors (Lipinski definition) is 2. The number of carboxylic acid groups (broad SMARTS) is 1. The molecule has 0 saturated carbocycles. The maximum Gasteiger partial charge on any atom is 0.341 e. The number of halogens is 1. The van der Waals surface area contributed by atoms with Crippen LogP contribution in [0.4, 0.5) is 4.39 Å². The molecule has 0 bridgehead atoms. The normalized spacial score (nSPS) is 32.2. The van der Waals surface area contributed by atoms with Crippen LogP contribution in [0, 0.1) is 0 Å². The third-order valence-electron chi connectivity index (χ3n) is 1.77. The molecule has 1 aliphatic rings. The SMILES string of the molecule is O=C(O)C(F)C1(O)C=CCC1. The van der Waals surface area contributed by atoms with Crippen molar-refractivity contribution in [1.29, 1.82) is 0 Å². The second-order valence-corrected chi connectivity index (χ2v) is 2.63. The maximum atomic E-state index is 12.7. The Balaban J connectivity index is 2.72. The number of alkyl halides is 1. The Hall–Kier alpha value is -0.900. The molecular formula is C7H9FO3. The van der Waals surface area contributed by atoms with Crippen molar-refractivity contribution >= 4 is 5.97 Å². The van der Waals surface area contributed by atoms with Crippen LogP contribution in [-0.2, 0) is 4.79 Å². The van der Waals surface area contributed by atoms with Gasteiger partial charge >= 0.3 is 5.97 Å². The largest absolute Gasteiger partial charge is 0.479 e. The Bertz CT molecular complexity index is 202. The zero-order chi connectivity index (χ0) is 8.48. The molecule has 0 aromatic heterocycles. The summed E-state index contributed by atoms with van der Waals surface area (Å²) in [6, 6.07) is 0. The fraction of sp³-hybridized carbons (Fsp3) is 0.571. The number of rotatable bonds is 2. The van der Waals surface area contributed by atoms with Gasteiger partial charge in [-0.15, -0.1) is 0 Å². The van der Waals surface area contributed by atoms with Gasteiger partial charge in [0, 0.05) is 0 Å². The average molecular weight is 160 g/mol. The zero-order valence-corrected chi connectivity index (χ0v) is 5.83. The molecular weight excluding hydrogens is 151 g/mol. The lowest BCUT2D eigenvalue weighted by Gasteiger charge is -2.21. The van der Waals surface area contributed by atoms with Gasteiger partial charge in [0.2, 0.25) is 6.17 Å². The molecule has 0 aliphatic heterocycles. The average Bonchev–Trinajstić information content (AvgIpc) is 2.35. The molecule has 2 N–H and O–H groups in total. The van der Waals surface area contributed by atoms with Crippen molar-refractivity contribution in [2.24, 2.45) is 0 Å². The standard InChI is InChI=1S/C7H9FO3/c8-5(6(9)10)7(11)3-1-2-4-7/h1,3,5,11H,2,4H2,(H,9,10). The molecule has 0 amide bonds. The van der Waals surface area contributed by atoms with Crippen LogP contribution in [-0.4, -0.2) is 28.0 Å². The predicted molar refractivity (Wildman–Crippen MR) is 35.9 cm³/mol. The molecule has 0 saturated heterocycles. The van der Waals surface area contributed by atoms with Crippen LogP contribution >= 0.6 is 0 Å². The highest BCUT2D eigenvalue weighted by atomic mass is 19.1. The van der Waals surface area contributed by atoms with Gasteiger partial charge in [-0.25, -0.2) is 9.18 Å². The van der Waals surface area contributed by atoms with Gasteiger partial charge in [0.05, 0.1) is 0 Å². The first-order valence-electron chi connectivity index (χ1n) is 3.33. The fourth-order valence-electron chi connectivity index (χ4n) is 1.11. The summed E-state index contributed by atoms with van der Waals surface area (Å²) in [5.74, 6) is -1.61. The lowest BCUT2D eigenvalue weighted by atomic mass is 9.98. The van der Waals surface area contributed by atoms with E-state index < -0.39 is 17.7 Å². The van der Waals surface area contributed by atoms with Gasteiger partial charge in [0.1, 0.15) is 5.60 Å². The van der Waals surface area contributed by atoms with Gasteiger partial charge in [0.25, 0.3) is 0 Å². The fourth-order valence-corrected chi connectivity index (χ4v) is 1.11. The number of allylic oxidation sites excluding steroid dienone is 1. The third-order valence-corrected chi connectivity index (χ3v) is 1.77. The van der Waals surface area contributed by atoms with E-state index in [4.69, 9.17) is 5.11 Å². The van der Waals surface area contributed by atoms with Crippen molar-refractivity contribution in [3.8, 4) is 0 Å². The summed E-state index contributed by atoms with van der Waals surface area (Å²) in [6.45, 7) is 0. The molecule has 62 valence electrons. The summed E-state index contributed by atoms with van der Waals surface area (Å²) in [5.41, 5.74) is -1.77. The molecule has 0 aromatic carbocycles. The number of hydrogen-bond acceptors (Lipinski definition) is 2. The zero-order valence-electron chi connectivity index (χ0n) is 5.83. The molecule has 0 aromatic rings. The number of aliphatic carboxylic acids is 1. The van der Waals surface area contributed by atoms with E-state index >= 15 is 0 Å². The molecule has 2 atom stereocenters.